The van der Waals surface area contributed by atoms with Gasteiger partial charge in [0.05, 0.1) is 30.8 Å². The predicted molar refractivity (Wildman–Crippen MR) is 308 cm³/mol. The van der Waals surface area contributed by atoms with E-state index in [2.05, 4.69) is 37.2 Å². The van der Waals surface area contributed by atoms with E-state index in [1.54, 1.807) is 81.5 Å². The molecule has 8 N–H and O–H groups in total. The Balaban J connectivity index is 7.18. The third-order valence-electron chi connectivity index (χ3n) is 14.4. The summed E-state index contributed by atoms with van der Waals surface area (Å²) in [5.41, 5.74) is -3.84. The summed E-state index contributed by atoms with van der Waals surface area (Å²) in [6, 6.07) is -8.84. The molecule has 0 aliphatic rings. The molecule has 0 fully saturated rings. The number of aldehydes is 3. The molecule has 23 heteroatoms. The highest BCUT2D eigenvalue weighted by molar-refractivity contribution is 5.97. The van der Waals surface area contributed by atoms with Crippen molar-refractivity contribution in [2.45, 2.75) is 203 Å². The SMILES string of the molecule is CC=CCC(C)C(O)C(C(=O)NC(CC)C(=O)N(C)CC(=O)NC(CC(C)C)C(=O)NC(C=O)C(C)C)N(C)C(=O)C(C(C)C)N(C)C(=O)C(CC(C)C)N(C)C(C=O)(NC(=O)NC(C)(C=O)NC(=O)C(CC(C)C)NC)C(C)C. The average molecular weight is 1130 g/mol. The lowest BCUT2D eigenvalue weighted by Gasteiger charge is -2.47. The monoisotopic (exact) mass is 1130 g/mol. The van der Waals surface area contributed by atoms with E-state index in [9.17, 15) is 48.3 Å². The molecule has 0 heterocycles. The molecule has 0 aromatic heterocycles. The molecule has 80 heavy (non-hydrogen) atoms. The molecule has 0 aromatic rings. The van der Waals surface area contributed by atoms with Crippen molar-refractivity contribution in [3.63, 3.8) is 0 Å². The largest absolute Gasteiger partial charge is 0.390 e. The minimum atomic E-state index is -1.92. The van der Waals surface area contributed by atoms with Gasteiger partial charge < -0.3 is 61.8 Å². The summed E-state index contributed by atoms with van der Waals surface area (Å²) in [5, 5.41) is 30.7. The van der Waals surface area contributed by atoms with Crippen LogP contribution in [-0.4, -0.2) is 192 Å². The lowest BCUT2D eigenvalue weighted by Crippen LogP contribution is -2.72. The lowest BCUT2D eigenvalue weighted by atomic mass is 9.90. The minimum Gasteiger partial charge on any atom is -0.390 e. The van der Waals surface area contributed by atoms with Gasteiger partial charge in [-0.3, -0.25) is 48.1 Å². The molecule has 0 bridgehead atoms. The third-order valence-corrected chi connectivity index (χ3v) is 14.4. The van der Waals surface area contributed by atoms with Crippen LogP contribution in [0.2, 0.25) is 0 Å². The Morgan fingerprint density at radius 1 is 0.600 bits per heavy atom. The zero-order valence-electron chi connectivity index (χ0n) is 52.0. The van der Waals surface area contributed by atoms with E-state index in [0.29, 0.717) is 31.7 Å². The number of urea groups is 1. The maximum Gasteiger partial charge on any atom is 0.318 e. The first kappa shape index (κ1) is 74.2. The second-order valence-corrected chi connectivity index (χ2v) is 23.8. The van der Waals surface area contributed by atoms with Crippen molar-refractivity contribution in [2.75, 3.05) is 41.8 Å². The van der Waals surface area contributed by atoms with Gasteiger partial charge in [-0.1, -0.05) is 109 Å². The topological polar surface area (TPSA) is 305 Å². The smallest absolute Gasteiger partial charge is 0.318 e. The van der Waals surface area contributed by atoms with Crippen molar-refractivity contribution in [1.29, 1.82) is 0 Å². The van der Waals surface area contributed by atoms with Crippen LogP contribution in [0.5, 0.6) is 0 Å². The molecule has 9 amide bonds. The number of carbonyl (C=O) groups excluding carboxylic acids is 11. The number of hydrogen-bond acceptors (Lipinski definition) is 14. The Hall–Kier alpha value is -5.81. The number of aliphatic hydroxyl groups excluding tert-OH is 1. The van der Waals surface area contributed by atoms with E-state index >= 15 is 9.59 Å². The molecule has 0 saturated carbocycles. The molecule has 0 aliphatic heterocycles. The molecule has 11 unspecified atom stereocenters. The van der Waals surface area contributed by atoms with Crippen LogP contribution in [0.25, 0.3) is 0 Å². The van der Waals surface area contributed by atoms with Crippen LogP contribution in [0.4, 0.5) is 4.79 Å². The first-order valence-corrected chi connectivity index (χ1v) is 28.2. The van der Waals surface area contributed by atoms with E-state index in [1.807, 2.05) is 41.5 Å². The number of allylic oxidation sites excluding steroid dienone is 2. The van der Waals surface area contributed by atoms with Gasteiger partial charge in [0.2, 0.25) is 41.4 Å². The molecule has 11 atom stereocenters. The summed E-state index contributed by atoms with van der Waals surface area (Å²) in [5.74, 6) is -6.98. The zero-order valence-corrected chi connectivity index (χ0v) is 52.0. The van der Waals surface area contributed by atoms with Gasteiger partial charge in [0.25, 0.3) is 0 Å². The fourth-order valence-electron chi connectivity index (χ4n) is 9.42. The van der Waals surface area contributed by atoms with E-state index in [-0.39, 0.29) is 42.9 Å². The number of likely N-dealkylation sites (N-methyl/N-ethyl adjacent to an activating group) is 5. The van der Waals surface area contributed by atoms with Gasteiger partial charge in [-0.05, 0) is 101 Å². The maximum absolute atomic E-state index is 15.1. The number of hydrogen-bond donors (Lipinski definition) is 8. The molecular weight excluding hydrogens is 1030 g/mol. The van der Waals surface area contributed by atoms with Crippen molar-refractivity contribution < 1.29 is 57.8 Å². The molecule has 0 saturated heterocycles. The van der Waals surface area contributed by atoms with Gasteiger partial charge in [0.1, 0.15) is 30.5 Å². The van der Waals surface area contributed by atoms with Crippen molar-refractivity contribution in [3.8, 4) is 0 Å². The van der Waals surface area contributed by atoms with Gasteiger partial charge in [0.15, 0.2) is 23.9 Å². The molecule has 0 rings (SSSR count). The molecular formula is C57H103N11O12. The Kier molecular flexibility index (Phi) is 32.0. The van der Waals surface area contributed by atoms with Crippen molar-refractivity contribution >= 4 is 66.2 Å². The van der Waals surface area contributed by atoms with E-state index in [4.69, 9.17) is 0 Å². The van der Waals surface area contributed by atoms with Crippen molar-refractivity contribution in [3.05, 3.63) is 12.2 Å². The molecule has 0 spiro atoms. The van der Waals surface area contributed by atoms with Crippen LogP contribution in [0.1, 0.15) is 143 Å². The fourth-order valence-corrected chi connectivity index (χ4v) is 9.42. The lowest BCUT2D eigenvalue weighted by molar-refractivity contribution is -0.156. The quantitative estimate of drug-likeness (QED) is 0.0254. The van der Waals surface area contributed by atoms with Crippen molar-refractivity contribution in [1.82, 2.24) is 56.8 Å². The van der Waals surface area contributed by atoms with Crippen LogP contribution in [0, 0.1) is 41.4 Å². The summed E-state index contributed by atoms with van der Waals surface area (Å²) in [4.78, 5) is 155. The van der Waals surface area contributed by atoms with Crippen LogP contribution < -0.4 is 37.2 Å². The predicted octanol–water partition coefficient (Wildman–Crippen LogP) is 2.35. The van der Waals surface area contributed by atoms with Gasteiger partial charge in [-0.2, -0.15) is 0 Å². The first-order valence-electron chi connectivity index (χ1n) is 28.2. The molecule has 458 valence electrons. The molecule has 0 aliphatic carbocycles. The maximum atomic E-state index is 15.1. The highest BCUT2D eigenvalue weighted by Gasteiger charge is 2.49. The standard InChI is InChI=1S/C57H103N11O12/c1-22-24-25-39(15)48(73)47(51(76)60-40(23-2)52(77)65(18)29-45(72)59-42(27-34(5)6)49(74)61-43(30-69)36(9)10)67(20)54(79)46(37(11)12)66(19)53(78)44(28-35(7)8)68(21)57(32-71,38(13)14)64-55(80)63-56(16,31-70)62-50(75)41(58-17)26-33(3)4/h22,24,30-44,46-48,58,73H,23,25-29H2,1-21H3,(H,59,72)(H,60,76)(H,61,74)(H,62,75)(H2,63,64,80). The normalized spacial score (nSPS) is 16.8. The molecule has 0 radical (unpaired) electrons. The summed E-state index contributed by atoms with van der Waals surface area (Å²) < 4.78 is 0. The van der Waals surface area contributed by atoms with Crippen LogP contribution in [0.15, 0.2) is 12.2 Å². The van der Waals surface area contributed by atoms with Gasteiger partial charge in [-0.15, -0.1) is 0 Å². The highest BCUT2D eigenvalue weighted by atomic mass is 16.3. The number of nitrogens with zero attached hydrogens (tertiary/aromatic N) is 4. The van der Waals surface area contributed by atoms with Crippen LogP contribution in [-0.2, 0) is 47.9 Å². The summed E-state index contributed by atoms with van der Waals surface area (Å²) in [6.45, 7) is 27.4. The highest BCUT2D eigenvalue weighted by Crippen LogP contribution is 2.28. The number of rotatable bonds is 36. The van der Waals surface area contributed by atoms with E-state index < -0.39 is 131 Å². The fraction of sp³-hybridized carbons (Fsp3) is 0.772. The minimum absolute atomic E-state index is 0.0276. The number of carbonyl (C=O) groups is 11. The van der Waals surface area contributed by atoms with Gasteiger partial charge in [0, 0.05) is 21.1 Å². The van der Waals surface area contributed by atoms with Crippen LogP contribution in [0.3, 0.4) is 0 Å². The number of nitrogens with one attached hydrogen (secondary N) is 7. The summed E-state index contributed by atoms with van der Waals surface area (Å²) >= 11 is 0. The second-order valence-electron chi connectivity index (χ2n) is 23.8. The molecule has 23 nitrogen and oxygen atoms in total. The number of aliphatic hydroxyl groups is 1. The molecule has 0 aromatic carbocycles. The van der Waals surface area contributed by atoms with Crippen LogP contribution >= 0.6 is 0 Å². The average Bonchev–Trinajstić information content (AvgIpc) is 3.36. The Morgan fingerprint density at radius 2 is 1.14 bits per heavy atom. The number of amides is 9. The summed E-state index contributed by atoms with van der Waals surface area (Å²) in [6.07, 6.45) is 4.64. The second kappa shape index (κ2) is 34.5. The Labute approximate surface area is 477 Å². The van der Waals surface area contributed by atoms with Gasteiger partial charge in [-0.25, -0.2) is 4.79 Å². The Bertz CT molecular complexity index is 2100. The van der Waals surface area contributed by atoms with E-state index in [1.165, 1.54) is 44.9 Å². The first-order chi connectivity index (χ1) is 37.0. The Morgan fingerprint density at radius 3 is 1.57 bits per heavy atom. The van der Waals surface area contributed by atoms with E-state index in [0.717, 1.165) is 9.80 Å². The zero-order chi connectivity index (χ0) is 62.3. The van der Waals surface area contributed by atoms with Crippen molar-refractivity contribution in [2.24, 2.45) is 41.4 Å². The summed E-state index contributed by atoms with van der Waals surface area (Å²) in [7, 11) is 7.17. The van der Waals surface area contributed by atoms with Gasteiger partial charge >= 0.3 is 6.03 Å². The third kappa shape index (κ3) is 21.9.